The van der Waals surface area contributed by atoms with Gasteiger partial charge in [-0.25, -0.2) is 9.59 Å². The van der Waals surface area contributed by atoms with Crippen molar-refractivity contribution in [1.29, 1.82) is 0 Å². The Bertz CT molecular complexity index is 950. The van der Waals surface area contributed by atoms with Gasteiger partial charge in [0.05, 0.1) is 0 Å². The van der Waals surface area contributed by atoms with Gasteiger partial charge < -0.3 is 9.84 Å². The first-order chi connectivity index (χ1) is 31.3. The minimum atomic E-state index is -1.10. The summed E-state index contributed by atoms with van der Waals surface area (Å²) in [5.74, 6) is -1.08. The maximum Gasteiger partial charge on any atom is 0.331 e. The van der Waals surface area contributed by atoms with E-state index in [4.69, 9.17) is 4.74 Å². The fraction of sp³-hybridized carbons (Fsp3) is 0.933. The normalized spacial score (nSPS) is 13.7. The van der Waals surface area contributed by atoms with Crippen LogP contribution in [0, 0.1) is 11.8 Å². The van der Waals surface area contributed by atoms with E-state index in [0.717, 1.165) is 37.8 Å². The highest BCUT2D eigenvalue weighted by Crippen LogP contribution is 2.41. The van der Waals surface area contributed by atoms with Crippen LogP contribution in [0.4, 0.5) is 0 Å². The minimum absolute atomic E-state index is 0.245. The second-order valence-corrected chi connectivity index (χ2v) is 21.0. The topological polar surface area (TPSA) is 63.6 Å². The van der Waals surface area contributed by atoms with Crippen molar-refractivity contribution >= 4 is 11.9 Å². The number of aliphatic carboxylic acids is 1. The van der Waals surface area contributed by atoms with E-state index in [9.17, 15) is 14.7 Å². The third-order valence-corrected chi connectivity index (χ3v) is 15.0. The average Bonchev–Trinajstić information content (AvgIpc) is 3.28. The van der Waals surface area contributed by atoms with Crippen LogP contribution < -0.4 is 0 Å². The van der Waals surface area contributed by atoms with Crippen LogP contribution in [0.3, 0.4) is 0 Å². The van der Waals surface area contributed by atoms with Gasteiger partial charge in [-0.05, 0) is 37.5 Å². The van der Waals surface area contributed by atoms with E-state index in [1.807, 2.05) is 0 Å². The molecule has 0 aromatic heterocycles. The number of carboxylic acid groups (broad SMARTS) is 1. The lowest BCUT2D eigenvalue weighted by molar-refractivity contribution is -0.171. The van der Waals surface area contributed by atoms with E-state index in [2.05, 4.69) is 34.6 Å². The molecule has 4 nitrogen and oxygen atoms in total. The molecule has 0 aromatic carbocycles. The maximum absolute atomic E-state index is 13.4. The van der Waals surface area contributed by atoms with Gasteiger partial charge >= 0.3 is 11.9 Å². The van der Waals surface area contributed by atoms with Crippen molar-refractivity contribution in [3.63, 3.8) is 0 Å². The van der Waals surface area contributed by atoms with Gasteiger partial charge in [-0.3, -0.25) is 0 Å². The zero-order valence-corrected chi connectivity index (χ0v) is 44.4. The SMILES string of the molecule is CCCCCCCCCCCCCCCCCCCC(OC(=O)/C=C\C(=O)O)(C(C)CCCCCCCCCCCCCCCC)C(C)CCCCCCCCCCCCCCCC. The summed E-state index contributed by atoms with van der Waals surface area (Å²) in [5, 5.41) is 9.34. The second kappa shape index (κ2) is 49.6. The van der Waals surface area contributed by atoms with Crippen molar-refractivity contribution in [2.75, 3.05) is 0 Å². The Morgan fingerprint density at radius 1 is 0.359 bits per heavy atom. The molecule has 0 aliphatic rings. The molecule has 4 heteroatoms. The molecular weight excluding hydrogens is 785 g/mol. The van der Waals surface area contributed by atoms with E-state index in [1.54, 1.807) is 0 Å². The predicted octanol–water partition coefficient (Wildman–Crippen LogP) is 21.0. The minimum Gasteiger partial charge on any atom is -0.478 e. The number of unbranched alkanes of at least 4 members (excludes halogenated alkanes) is 42. The number of ether oxygens (including phenoxy) is 1. The Kier molecular flexibility index (Phi) is 48.6. The number of hydrogen-bond donors (Lipinski definition) is 1. The summed E-state index contributed by atoms with van der Waals surface area (Å²) in [6.45, 7) is 11.6. The average molecular weight is 902 g/mol. The summed E-state index contributed by atoms with van der Waals surface area (Å²) in [7, 11) is 0. The molecule has 0 saturated carbocycles. The van der Waals surface area contributed by atoms with Gasteiger partial charge in [0, 0.05) is 12.2 Å². The van der Waals surface area contributed by atoms with Gasteiger partial charge in [0.2, 0.25) is 0 Å². The first kappa shape index (κ1) is 62.7. The summed E-state index contributed by atoms with van der Waals surface area (Å²) in [4.78, 5) is 24.8. The van der Waals surface area contributed by atoms with Crippen molar-refractivity contribution in [3.8, 4) is 0 Å². The van der Waals surface area contributed by atoms with Crippen LogP contribution in [0.2, 0.25) is 0 Å². The predicted molar refractivity (Wildman–Crippen MR) is 283 cm³/mol. The van der Waals surface area contributed by atoms with Gasteiger partial charge in [-0.1, -0.05) is 317 Å². The van der Waals surface area contributed by atoms with E-state index in [0.29, 0.717) is 0 Å². The summed E-state index contributed by atoms with van der Waals surface area (Å²) >= 11 is 0. The lowest BCUT2D eigenvalue weighted by Gasteiger charge is -2.44. The number of hydrogen-bond acceptors (Lipinski definition) is 3. The highest BCUT2D eigenvalue weighted by Gasteiger charge is 2.43. The first-order valence-electron chi connectivity index (χ1n) is 29.5. The van der Waals surface area contributed by atoms with Crippen LogP contribution in [-0.2, 0) is 14.3 Å². The number of carbonyl (C=O) groups is 2. The lowest BCUT2D eigenvalue weighted by atomic mass is 9.71. The highest BCUT2D eigenvalue weighted by atomic mass is 16.6. The molecule has 0 heterocycles. The Morgan fingerprint density at radius 3 is 0.812 bits per heavy atom. The Hall–Kier alpha value is -1.32. The Morgan fingerprint density at radius 2 is 0.578 bits per heavy atom. The molecule has 0 amide bonds. The van der Waals surface area contributed by atoms with Crippen LogP contribution in [0.15, 0.2) is 12.2 Å². The lowest BCUT2D eigenvalue weighted by Crippen LogP contribution is -2.47. The van der Waals surface area contributed by atoms with Crippen LogP contribution in [-0.4, -0.2) is 22.6 Å². The van der Waals surface area contributed by atoms with Crippen LogP contribution >= 0.6 is 0 Å². The van der Waals surface area contributed by atoms with Crippen LogP contribution in [0.5, 0.6) is 0 Å². The molecule has 0 radical (unpaired) electrons. The van der Waals surface area contributed by atoms with Crippen molar-refractivity contribution in [2.45, 2.75) is 348 Å². The van der Waals surface area contributed by atoms with Crippen LogP contribution in [0.1, 0.15) is 343 Å². The largest absolute Gasteiger partial charge is 0.478 e. The monoisotopic (exact) mass is 901 g/mol. The van der Waals surface area contributed by atoms with Crippen molar-refractivity contribution in [1.82, 2.24) is 0 Å². The fourth-order valence-corrected chi connectivity index (χ4v) is 10.5. The van der Waals surface area contributed by atoms with E-state index in [1.165, 1.54) is 283 Å². The zero-order valence-electron chi connectivity index (χ0n) is 44.4. The molecule has 1 N–H and O–H groups in total. The van der Waals surface area contributed by atoms with Gasteiger partial charge in [-0.2, -0.15) is 0 Å². The molecule has 0 spiro atoms. The molecule has 0 aliphatic heterocycles. The molecule has 0 rings (SSSR count). The van der Waals surface area contributed by atoms with Gasteiger partial charge in [0.15, 0.2) is 0 Å². The number of esters is 1. The molecule has 0 saturated heterocycles. The summed E-state index contributed by atoms with van der Waals surface area (Å²) < 4.78 is 6.59. The van der Waals surface area contributed by atoms with Crippen molar-refractivity contribution in [2.24, 2.45) is 11.8 Å². The number of carboxylic acids is 1. The molecule has 0 fully saturated rings. The maximum atomic E-state index is 13.4. The van der Waals surface area contributed by atoms with Crippen LogP contribution in [0.25, 0.3) is 0 Å². The second-order valence-electron chi connectivity index (χ2n) is 21.0. The van der Waals surface area contributed by atoms with E-state index < -0.39 is 17.5 Å². The van der Waals surface area contributed by atoms with E-state index >= 15 is 0 Å². The molecular formula is C60H116O4. The standard InChI is InChI=1S/C60H116O4/c1-6-9-12-15-18-21-24-27-30-31-32-35-38-41-44-47-50-55-60(64-59(63)54-53-58(61)62,56(4)51-48-45-42-39-36-33-28-25-22-19-16-13-10-7-2)57(5)52-49-46-43-40-37-34-29-26-23-20-17-14-11-8-3/h53-54,56-57H,6-52,55H2,1-5H3,(H,61,62)/b54-53-. The third kappa shape index (κ3) is 40.9. The summed E-state index contributed by atoms with van der Waals surface area (Å²) in [5.41, 5.74) is -0.553. The molecule has 0 bridgehead atoms. The quantitative estimate of drug-likeness (QED) is 0.0375. The van der Waals surface area contributed by atoms with Gasteiger partial charge in [0.1, 0.15) is 5.60 Å². The first-order valence-corrected chi connectivity index (χ1v) is 29.5. The summed E-state index contributed by atoms with van der Waals surface area (Å²) in [6.07, 6.45) is 66.1. The van der Waals surface area contributed by atoms with E-state index in [-0.39, 0.29) is 11.8 Å². The van der Waals surface area contributed by atoms with Gasteiger partial charge in [0.25, 0.3) is 0 Å². The van der Waals surface area contributed by atoms with Gasteiger partial charge in [-0.15, -0.1) is 0 Å². The van der Waals surface area contributed by atoms with Crippen molar-refractivity contribution < 1.29 is 19.4 Å². The molecule has 64 heavy (non-hydrogen) atoms. The Balaban J connectivity index is 5.07. The molecule has 380 valence electrons. The Labute approximate surface area is 402 Å². The zero-order chi connectivity index (χ0) is 46.9. The third-order valence-electron chi connectivity index (χ3n) is 15.0. The smallest absolute Gasteiger partial charge is 0.331 e. The molecule has 0 aliphatic carbocycles. The molecule has 0 aromatic rings. The fourth-order valence-electron chi connectivity index (χ4n) is 10.5. The van der Waals surface area contributed by atoms with Crippen molar-refractivity contribution in [3.05, 3.63) is 12.2 Å². The molecule has 2 unspecified atom stereocenters. The summed E-state index contributed by atoms with van der Waals surface area (Å²) in [6, 6.07) is 0. The number of rotatable bonds is 53. The number of carbonyl (C=O) groups excluding carboxylic acids is 1. The highest BCUT2D eigenvalue weighted by molar-refractivity contribution is 5.90. The molecule has 2 atom stereocenters.